The minimum atomic E-state index is -0.246. The van der Waals surface area contributed by atoms with E-state index in [4.69, 9.17) is 4.98 Å². The van der Waals surface area contributed by atoms with Crippen LogP contribution in [0.25, 0.3) is 0 Å². The lowest BCUT2D eigenvalue weighted by atomic mass is 10.1. The van der Waals surface area contributed by atoms with E-state index in [2.05, 4.69) is 25.6 Å². The van der Waals surface area contributed by atoms with Gasteiger partial charge in [-0.25, -0.2) is 9.37 Å². The van der Waals surface area contributed by atoms with E-state index in [-0.39, 0.29) is 17.8 Å². The van der Waals surface area contributed by atoms with E-state index < -0.39 is 0 Å². The van der Waals surface area contributed by atoms with Gasteiger partial charge in [-0.3, -0.25) is 9.48 Å². The van der Waals surface area contributed by atoms with Crippen LogP contribution in [-0.2, 0) is 17.9 Å². The Morgan fingerprint density at radius 3 is 2.75 bits per heavy atom. The number of halogens is 1. The van der Waals surface area contributed by atoms with Crippen molar-refractivity contribution in [3.63, 3.8) is 0 Å². The van der Waals surface area contributed by atoms with Crippen LogP contribution in [0.5, 0.6) is 0 Å². The maximum absolute atomic E-state index is 13.1. The molecule has 0 unspecified atom stereocenters. The van der Waals surface area contributed by atoms with Crippen LogP contribution < -0.4 is 15.5 Å². The normalized spacial score (nSPS) is 17.8. The third-order valence-electron chi connectivity index (χ3n) is 5.91. The van der Waals surface area contributed by atoms with E-state index in [9.17, 15) is 9.18 Å². The fourth-order valence-corrected chi connectivity index (χ4v) is 4.01. The lowest BCUT2D eigenvalue weighted by Gasteiger charge is -2.36. The summed E-state index contributed by atoms with van der Waals surface area (Å²) in [4.78, 5) is 23.7. The topological polar surface area (TPSA) is 88.0 Å². The van der Waals surface area contributed by atoms with Gasteiger partial charge >= 0.3 is 0 Å². The molecule has 0 radical (unpaired) electrons. The predicted molar refractivity (Wildman–Crippen MR) is 120 cm³/mol. The van der Waals surface area contributed by atoms with Crippen molar-refractivity contribution >= 4 is 23.4 Å². The molecule has 1 amide bonds. The Balaban J connectivity index is 1.27. The Morgan fingerprint density at radius 2 is 2.00 bits per heavy atom. The molecule has 32 heavy (non-hydrogen) atoms. The number of anilines is 3. The van der Waals surface area contributed by atoms with Crippen LogP contribution in [0.3, 0.4) is 0 Å². The van der Waals surface area contributed by atoms with Crippen molar-refractivity contribution in [2.45, 2.75) is 45.3 Å². The van der Waals surface area contributed by atoms with E-state index in [1.54, 1.807) is 24.5 Å². The van der Waals surface area contributed by atoms with Crippen molar-refractivity contribution in [1.82, 2.24) is 19.7 Å². The van der Waals surface area contributed by atoms with Crippen LogP contribution in [0, 0.1) is 11.7 Å². The molecule has 1 fully saturated rings. The highest BCUT2D eigenvalue weighted by Crippen LogP contribution is 2.37. The number of hydrogen-bond donors (Lipinski definition) is 2. The number of hydrogen-bond acceptors (Lipinski definition) is 6. The first-order valence-corrected chi connectivity index (χ1v) is 11.0. The van der Waals surface area contributed by atoms with Gasteiger partial charge in [0.1, 0.15) is 17.5 Å². The molecule has 166 valence electrons. The van der Waals surface area contributed by atoms with Gasteiger partial charge in [-0.05, 0) is 42.9 Å². The molecule has 0 saturated heterocycles. The summed E-state index contributed by atoms with van der Waals surface area (Å²) >= 11 is 0. The number of carbonyl (C=O) groups excluding carboxylic acids is 1. The van der Waals surface area contributed by atoms with Crippen molar-refractivity contribution in [2.75, 3.05) is 22.1 Å². The summed E-state index contributed by atoms with van der Waals surface area (Å²) in [5.74, 6) is 1.71. The summed E-state index contributed by atoms with van der Waals surface area (Å²) in [5, 5.41) is 10.6. The van der Waals surface area contributed by atoms with E-state index >= 15 is 0 Å². The molecule has 0 bridgehead atoms. The highest BCUT2D eigenvalue weighted by Gasteiger charge is 2.36. The van der Waals surface area contributed by atoms with Gasteiger partial charge in [-0.15, -0.1) is 0 Å². The number of carbonyl (C=O) groups is 1. The third kappa shape index (κ3) is 4.42. The minimum absolute atomic E-state index is 0.0125. The molecule has 2 aliphatic rings. The summed E-state index contributed by atoms with van der Waals surface area (Å²) in [7, 11) is 0. The molecule has 3 aromatic rings. The summed E-state index contributed by atoms with van der Waals surface area (Å²) in [5.41, 5.74) is 2.64. The zero-order valence-corrected chi connectivity index (χ0v) is 18.0. The van der Waals surface area contributed by atoms with E-state index in [1.165, 1.54) is 25.0 Å². The van der Waals surface area contributed by atoms with Crippen molar-refractivity contribution < 1.29 is 9.18 Å². The van der Waals surface area contributed by atoms with Gasteiger partial charge in [0.05, 0.1) is 18.9 Å². The Bertz CT molecular complexity index is 1110. The van der Waals surface area contributed by atoms with Crippen LogP contribution in [-0.4, -0.2) is 38.2 Å². The quantitative estimate of drug-likeness (QED) is 0.564. The van der Waals surface area contributed by atoms with Crippen molar-refractivity contribution in [3.8, 4) is 0 Å². The molecule has 1 aliphatic carbocycles. The molecular weight excluding hydrogens is 409 g/mol. The largest absolute Gasteiger partial charge is 0.350 e. The van der Waals surface area contributed by atoms with Crippen molar-refractivity contribution in [1.29, 1.82) is 0 Å². The number of amides is 1. The SMILES string of the molecule is CC[C@H]1C(=O)Nc2cnc(NCc3cnn(Cc4ccc(F)cc4)c3)nc2N1CC1CC1. The molecule has 1 aromatic carbocycles. The smallest absolute Gasteiger partial charge is 0.247 e. The fraction of sp³-hybridized carbons (Fsp3) is 0.391. The van der Waals surface area contributed by atoms with Gasteiger partial charge < -0.3 is 15.5 Å². The van der Waals surface area contributed by atoms with Gasteiger partial charge in [-0.2, -0.15) is 10.1 Å². The first-order valence-electron chi connectivity index (χ1n) is 11.0. The average molecular weight is 436 g/mol. The minimum Gasteiger partial charge on any atom is -0.350 e. The highest BCUT2D eigenvalue weighted by molar-refractivity contribution is 6.02. The Labute approximate surface area is 185 Å². The van der Waals surface area contributed by atoms with Crippen LogP contribution in [0.1, 0.15) is 37.3 Å². The van der Waals surface area contributed by atoms with Crippen LogP contribution in [0.4, 0.5) is 21.8 Å². The van der Waals surface area contributed by atoms with Gasteiger partial charge in [0.2, 0.25) is 11.9 Å². The second-order valence-corrected chi connectivity index (χ2v) is 8.47. The zero-order chi connectivity index (χ0) is 22.1. The molecule has 2 aromatic heterocycles. The monoisotopic (exact) mass is 435 g/mol. The van der Waals surface area contributed by atoms with E-state index in [0.717, 1.165) is 29.9 Å². The Kier molecular flexibility index (Phi) is 5.46. The number of fused-ring (bicyclic) bond motifs is 1. The Hall–Kier alpha value is -3.49. The summed E-state index contributed by atoms with van der Waals surface area (Å²) in [6, 6.07) is 6.21. The molecule has 9 heteroatoms. The second-order valence-electron chi connectivity index (χ2n) is 8.47. The number of nitrogens with zero attached hydrogens (tertiary/aromatic N) is 5. The van der Waals surface area contributed by atoms with E-state index in [1.807, 2.05) is 17.8 Å². The van der Waals surface area contributed by atoms with Gasteiger partial charge in [-0.1, -0.05) is 19.1 Å². The van der Waals surface area contributed by atoms with Gasteiger partial charge in [0.15, 0.2) is 5.82 Å². The number of rotatable bonds is 8. The fourth-order valence-electron chi connectivity index (χ4n) is 4.01. The predicted octanol–water partition coefficient (Wildman–Crippen LogP) is 3.42. The number of benzene rings is 1. The Morgan fingerprint density at radius 1 is 1.19 bits per heavy atom. The second kappa shape index (κ2) is 8.57. The molecule has 1 saturated carbocycles. The molecule has 1 atom stereocenters. The maximum atomic E-state index is 13.1. The van der Waals surface area contributed by atoms with Crippen LogP contribution in [0.2, 0.25) is 0 Å². The van der Waals surface area contributed by atoms with Crippen molar-refractivity contribution in [2.24, 2.45) is 5.92 Å². The van der Waals surface area contributed by atoms with Crippen LogP contribution in [0.15, 0.2) is 42.9 Å². The van der Waals surface area contributed by atoms with Gasteiger partial charge in [0.25, 0.3) is 0 Å². The summed E-state index contributed by atoms with van der Waals surface area (Å²) in [6.07, 6.45) is 8.57. The highest BCUT2D eigenvalue weighted by atomic mass is 19.1. The van der Waals surface area contributed by atoms with E-state index in [0.29, 0.717) is 30.6 Å². The maximum Gasteiger partial charge on any atom is 0.247 e. The molecule has 0 spiro atoms. The van der Waals surface area contributed by atoms with Crippen LogP contribution >= 0.6 is 0 Å². The number of aromatic nitrogens is 4. The summed E-state index contributed by atoms with van der Waals surface area (Å²) < 4.78 is 14.9. The lowest BCUT2D eigenvalue weighted by molar-refractivity contribution is -0.117. The number of nitrogens with one attached hydrogen (secondary N) is 2. The molecule has 2 N–H and O–H groups in total. The lowest BCUT2D eigenvalue weighted by Crippen LogP contribution is -2.49. The average Bonchev–Trinajstić information content (AvgIpc) is 3.50. The zero-order valence-electron chi connectivity index (χ0n) is 18.0. The first-order chi connectivity index (χ1) is 15.6. The van der Waals surface area contributed by atoms with Gasteiger partial charge in [0, 0.05) is 24.8 Å². The standard InChI is InChI=1S/C23H26FN7O/c1-2-20-22(32)28-19-11-26-23(29-21(19)31(20)14-16-3-4-16)25-9-17-10-27-30(13-17)12-15-5-7-18(24)8-6-15/h5-8,10-11,13,16,20H,2-4,9,12,14H2,1H3,(H,28,32)(H,25,26,29)/t20-/m0/s1. The molecule has 1 aliphatic heterocycles. The molecule has 8 nitrogen and oxygen atoms in total. The summed E-state index contributed by atoms with van der Waals surface area (Å²) in [6.45, 7) is 3.98. The first kappa shape index (κ1) is 20.4. The molecule has 5 rings (SSSR count). The molecule has 3 heterocycles. The molecular formula is C23H26FN7O. The van der Waals surface area contributed by atoms with Crippen molar-refractivity contribution in [3.05, 3.63) is 59.8 Å². The third-order valence-corrected chi connectivity index (χ3v) is 5.91.